The van der Waals surface area contributed by atoms with Crippen LogP contribution in [0, 0.1) is 0 Å². The van der Waals surface area contributed by atoms with E-state index < -0.39 is 7.32 Å². The predicted octanol–water partition coefficient (Wildman–Crippen LogP) is -13.8. The summed E-state index contributed by atoms with van der Waals surface area (Å²) < 4.78 is 0. The molecule has 0 radical (unpaired) electrons. The van der Waals surface area contributed by atoms with Gasteiger partial charge in [0.2, 0.25) is 0 Å². The molecule has 0 unspecified atom stereocenters. The number of hydrogen-bond acceptors (Lipinski definition) is 3. The third-order valence-electron chi connectivity index (χ3n) is 0. The molecule has 0 aliphatic rings. The first-order chi connectivity index (χ1) is 1.73. The van der Waals surface area contributed by atoms with Crippen LogP contribution in [-0.4, -0.2) is 12.8 Å². The van der Waals surface area contributed by atoms with E-state index in [9.17, 15) is 0 Å². The topological polar surface area (TPSA) is 101 Å². The van der Waals surface area contributed by atoms with E-state index in [2.05, 4.69) is 0 Å². The quantitative estimate of drug-likeness (QED) is 0.412. The summed E-state index contributed by atoms with van der Waals surface area (Å²) in [7, 11) is -2.92. The second-order valence-corrected chi connectivity index (χ2v) is 0.289. The molecule has 0 fully saturated rings. The second kappa shape index (κ2) is 22.8. The van der Waals surface area contributed by atoms with Crippen LogP contribution in [-0.2, 0) is 0 Å². The van der Waals surface area contributed by atoms with Crippen LogP contribution in [0.1, 0.15) is 0 Å². The molecule has 4 nitrogen and oxygen atoms in total. The largest absolute Gasteiger partial charge is 1.00 e. The van der Waals surface area contributed by atoms with E-state index in [0.29, 0.717) is 0 Å². The fraction of sp³-hybridized carbons (Fsp3) is 0. The summed E-state index contributed by atoms with van der Waals surface area (Å²) in [5.74, 6) is 0. The summed E-state index contributed by atoms with van der Waals surface area (Å²) in [4.78, 5) is 0. The molecule has 0 saturated carbocycles. The van der Waals surface area contributed by atoms with Crippen LogP contribution in [0.4, 0.5) is 0 Å². The van der Waals surface area contributed by atoms with Crippen LogP contribution in [0.25, 0.3) is 0 Å². The maximum atomic E-state index is 8.42. The third-order valence-corrected chi connectivity index (χ3v) is 0. The molecular formula is H2BO4Rb3. The molecule has 32 valence electrons. The van der Waals surface area contributed by atoms with Gasteiger partial charge in [0.05, 0.1) is 0 Å². The first-order valence-electron chi connectivity index (χ1n) is 0.707. The van der Waals surface area contributed by atoms with Gasteiger partial charge in [0.25, 0.3) is 0 Å². The summed E-state index contributed by atoms with van der Waals surface area (Å²) in [6.45, 7) is 0. The van der Waals surface area contributed by atoms with Crippen molar-refractivity contribution in [2.24, 2.45) is 0 Å². The van der Waals surface area contributed by atoms with Crippen LogP contribution < -0.4 is 190 Å². The van der Waals surface area contributed by atoms with Crippen molar-refractivity contribution in [3.8, 4) is 0 Å². The van der Waals surface area contributed by atoms with Crippen molar-refractivity contribution in [1.29, 1.82) is 0 Å². The van der Waals surface area contributed by atoms with E-state index in [0.717, 1.165) is 0 Å². The Morgan fingerprint density at radius 1 is 0.750 bits per heavy atom. The van der Waals surface area contributed by atoms with E-state index in [1.54, 1.807) is 0 Å². The van der Waals surface area contributed by atoms with E-state index in [-0.39, 0.29) is 180 Å². The standard InChI is InChI=1S/BO3.H2O.3Rb/c2-1(3)4;;;;/h;1H2;;;/q-3;;3*+1. The molecule has 0 rings (SSSR count). The van der Waals surface area contributed by atoms with Crippen molar-refractivity contribution in [3.05, 3.63) is 0 Å². The summed E-state index contributed by atoms with van der Waals surface area (Å²) in [5.41, 5.74) is 0. The minimum atomic E-state index is -2.92. The number of hydrogen-bond donors (Lipinski definition) is 0. The van der Waals surface area contributed by atoms with Gasteiger partial charge in [-0.3, -0.25) is 7.32 Å². The molecule has 0 bridgehead atoms. The molecule has 2 N–H and O–H groups in total. The van der Waals surface area contributed by atoms with Crippen LogP contribution in [0.5, 0.6) is 0 Å². The van der Waals surface area contributed by atoms with Crippen LogP contribution in [0.15, 0.2) is 0 Å². The smallest absolute Gasteiger partial charge is 0.907 e. The van der Waals surface area contributed by atoms with Gasteiger partial charge in [-0.2, -0.15) is 0 Å². The molecule has 8 heavy (non-hydrogen) atoms. The Hall–Kier alpha value is 5.32. The first-order valence-corrected chi connectivity index (χ1v) is 0.707. The molecule has 0 aromatic rings. The molecule has 0 heterocycles. The maximum absolute atomic E-state index is 8.42. The van der Waals surface area contributed by atoms with Crippen LogP contribution in [0.3, 0.4) is 0 Å². The van der Waals surface area contributed by atoms with E-state index in [1.165, 1.54) is 0 Å². The molecule has 0 aromatic carbocycles. The molecule has 0 spiro atoms. The van der Waals surface area contributed by atoms with Crippen molar-refractivity contribution >= 4 is 7.32 Å². The average molecular weight is 333 g/mol. The molecule has 0 aliphatic heterocycles. The van der Waals surface area contributed by atoms with Gasteiger partial charge in [-0.1, -0.05) is 0 Å². The van der Waals surface area contributed by atoms with Gasteiger partial charge in [-0.05, 0) is 0 Å². The van der Waals surface area contributed by atoms with Crippen molar-refractivity contribution in [1.82, 2.24) is 0 Å². The van der Waals surface area contributed by atoms with Gasteiger partial charge in [0, 0.05) is 0 Å². The molecule has 0 saturated heterocycles. The summed E-state index contributed by atoms with van der Waals surface area (Å²) in [6.07, 6.45) is 0. The second-order valence-electron chi connectivity index (χ2n) is 0.289. The van der Waals surface area contributed by atoms with Crippen molar-refractivity contribution in [2.45, 2.75) is 0 Å². The predicted molar refractivity (Wildman–Crippen MR) is 9.37 cm³/mol. The molecule has 8 heteroatoms. The summed E-state index contributed by atoms with van der Waals surface area (Å²) in [5, 5.41) is 25.2. The zero-order valence-corrected chi connectivity index (χ0v) is 20.1. The SMILES string of the molecule is O.[O-]B([O-])[O-].[Rb+].[Rb+].[Rb+]. The van der Waals surface area contributed by atoms with Crippen LogP contribution >= 0.6 is 0 Å². The van der Waals surface area contributed by atoms with Gasteiger partial charge < -0.3 is 20.5 Å². The fourth-order valence-corrected chi connectivity index (χ4v) is 0. The zero-order valence-electron chi connectivity index (χ0n) is 5.30. The van der Waals surface area contributed by atoms with Gasteiger partial charge in [0.1, 0.15) is 0 Å². The minimum Gasteiger partial charge on any atom is -0.907 e. The zero-order chi connectivity index (χ0) is 3.58. The maximum Gasteiger partial charge on any atom is 1.00 e. The Morgan fingerprint density at radius 2 is 0.750 bits per heavy atom. The molecule has 0 atom stereocenters. The molecule has 0 amide bonds. The van der Waals surface area contributed by atoms with Crippen molar-refractivity contribution < 1.29 is 195 Å². The van der Waals surface area contributed by atoms with Gasteiger partial charge >= 0.3 is 175 Å². The summed E-state index contributed by atoms with van der Waals surface area (Å²) in [6, 6.07) is 0. The van der Waals surface area contributed by atoms with E-state index in [1.807, 2.05) is 0 Å². The molecule has 0 aromatic heterocycles. The molecule has 0 aliphatic carbocycles. The third kappa shape index (κ3) is 42.6. The van der Waals surface area contributed by atoms with Crippen LogP contribution in [0.2, 0.25) is 0 Å². The van der Waals surface area contributed by atoms with E-state index in [4.69, 9.17) is 15.1 Å². The van der Waals surface area contributed by atoms with Crippen molar-refractivity contribution in [2.75, 3.05) is 0 Å². The van der Waals surface area contributed by atoms with Gasteiger partial charge in [-0.25, -0.2) is 0 Å². The normalized spacial score (nSPS) is 3.38. The van der Waals surface area contributed by atoms with Gasteiger partial charge in [0.15, 0.2) is 0 Å². The molecular weight excluding hydrogens is 331 g/mol. The monoisotopic (exact) mass is 332 g/mol. The average Bonchev–Trinajstić information content (AvgIpc) is 0.811. The minimum absolute atomic E-state index is 0. The fourth-order valence-electron chi connectivity index (χ4n) is 0. The van der Waals surface area contributed by atoms with Gasteiger partial charge in [-0.15, -0.1) is 0 Å². The first kappa shape index (κ1) is 29.2. The Kier molecular flexibility index (Phi) is 83.3. The Bertz CT molecular complexity index is 16.0. The Morgan fingerprint density at radius 3 is 0.750 bits per heavy atom. The Labute approximate surface area is 195 Å². The van der Waals surface area contributed by atoms with Crippen molar-refractivity contribution in [3.63, 3.8) is 0 Å². The number of rotatable bonds is 0. The van der Waals surface area contributed by atoms with E-state index >= 15 is 0 Å². The Balaban J connectivity index is -0.00000000750. The summed E-state index contributed by atoms with van der Waals surface area (Å²) >= 11 is 0.